The third-order valence-corrected chi connectivity index (χ3v) is 9.13. The van der Waals surface area contributed by atoms with Gasteiger partial charge in [-0.1, -0.05) is 61.0 Å². The Kier molecular flexibility index (Phi) is 4.69. The van der Waals surface area contributed by atoms with Gasteiger partial charge >= 0.3 is 0 Å². The third-order valence-electron chi connectivity index (χ3n) is 8.44. The summed E-state index contributed by atoms with van der Waals surface area (Å²) in [5, 5.41) is 11.7. The summed E-state index contributed by atoms with van der Waals surface area (Å²) in [5.41, 5.74) is 8.12. The number of allylic oxidation sites excluding steroid dienone is 5. The fourth-order valence-electron chi connectivity index (χ4n) is 7.21. The van der Waals surface area contributed by atoms with Crippen molar-refractivity contribution in [2.24, 2.45) is 10.9 Å². The van der Waals surface area contributed by atoms with Crippen molar-refractivity contribution in [3.05, 3.63) is 99.7 Å². The predicted octanol–water partition coefficient (Wildman–Crippen LogP) is 6.35. The summed E-state index contributed by atoms with van der Waals surface area (Å²) < 4.78 is 0. The molecule has 3 unspecified atom stereocenters. The Hall–Kier alpha value is -3.36. The summed E-state index contributed by atoms with van der Waals surface area (Å²) in [6.45, 7) is 0. The van der Waals surface area contributed by atoms with Crippen LogP contribution in [0.15, 0.2) is 88.0 Å². The molecule has 2 aliphatic heterocycles. The van der Waals surface area contributed by atoms with Gasteiger partial charge in [-0.2, -0.15) is 5.26 Å². The maximum Gasteiger partial charge on any atom is 0.195 e. The van der Waals surface area contributed by atoms with Crippen molar-refractivity contribution in [2.45, 2.75) is 50.1 Å². The number of thiocyanates is 1. The number of hydrogen-bond donors (Lipinski definition) is 0. The van der Waals surface area contributed by atoms with Crippen LogP contribution in [0.25, 0.3) is 5.57 Å². The first kappa shape index (κ1) is 21.0. The van der Waals surface area contributed by atoms with Crippen LogP contribution in [0.3, 0.4) is 0 Å². The van der Waals surface area contributed by atoms with Crippen LogP contribution in [0.2, 0.25) is 0 Å². The summed E-state index contributed by atoms with van der Waals surface area (Å²) in [6.07, 6.45) is 9.74. The van der Waals surface area contributed by atoms with E-state index in [1.54, 1.807) is 6.08 Å². The monoisotopic (exact) mass is 475 g/mol. The maximum atomic E-state index is 13.0. The molecule has 0 aromatic heterocycles. The van der Waals surface area contributed by atoms with Crippen LogP contribution in [0.1, 0.15) is 54.7 Å². The lowest BCUT2D eigenvalue weighted by molar-refractivity contribution is -0.110. The van der Waals surface area contributed by atoms with E-state index < -0.39 is 5.66 Å². The molecule has 4 nitrogen and oxygen atoms in total. The number of aryl methyl sites for hydroxylation is 1. The molecule has 2 aromatic rings. The van der Waals surface area contributed by atoms with Gasteiger partial charge < -0.3 is 4.90 Å². The highest BCUT2D eigenvalue weighted by molar-refractivity contribution is 8.08. The molecule has 1 fully saturated rings. The topological polar surface area (TPSA) is 56.5 Å². The standard InChI is InChI=1S/C30H25N3OS/c31-18-35-29-25(34)16-14-23-28(29)33-24-15-13-19-8-4-5-11-21(19)27(24)26(20-9-2-1-3-10-20)22-12-6-7-17-30(22,33)32-23/h1-5,8-11,14,16,22,26H,6-7,12-13,15,17H2. The van der Waals surface area contributed by atoms with Gasteiger partial charge in [-0.05, 0) is 78.3 Å². The van der Waals surface area contributed by atoms with E-state index in [1.807, 2.05) is 6.08 Å². The van der Waals surface area contributed by atoms with Crippen molar-refractivity contribution in [1.82, 2.24) is 4.90 Å². The van der Waals surface area contributed by atoms with Gasteiger partial charge in [0.25, 0.3) is 0 Å². The molecule has 1 spiro atoms. The van der Waals surface area contributed by atoms with Gasteiger partial charge in [0.05, 0.1) is 16.3 Å². The van der Waals surface area contributed by atoms with Crippen LogP contribution in [0.4, 0.5) is 0 Å². The number of fused-ring (bicyclic) bond motifs is 5. The third kappa shape index (κ3) is 2.87. The minimum atomic E-state index is -0.398. The molecule has 0 amide bonds. The summed E-state index contributed by atoms with van der Waals surface area (Å²) in [6, 6.07) is 19.8. The Bertz CT molecular complexity index is 1430. The number of aliphatic imine (C=N–C) groups is 1. The molecule has 5 aliphatic rings. The lowest BCUT2D eigenvalue weighted by atomic mass is 9.61. The summed E-state index contributed by atoms with van der Waals surface area (Å²) >= 11 is 0.990. The van der Waals surface area contributed by atoms with Crippen LogP contribution < -0.4 is 0 Å². The fourth-order valence-corrected chi connectivity index (χ4v) is 7.77. The zero-order valence-corrected chi connectivity index (χ0v) is 20.2. The zero-order chi connectivity index (χ0) is 23.6. The molecule has 35 heavy (non-hydrogen) atoms. The van der Waals surface area contributed by atoms with E-state index in [0.717, 1.165) is 55.3 Å². The van der Waals surface area contributed by atoms with Gasteiger partial charge in [0.1, 0.15) is 11.1 Å². The number of hydrogen-bond acceptors (Lipinski definition) is 5. The number of benzene rings is 2. The molecule has 0 saturated heterocycles. The van der Waals surface area contributed by atoms with E-state index >= 15 is 0 Å². The lowest BCUT2D eigenvalue weighted by Crippen LogP contribution is -2.56. The molecule has 1 saturated carbocycles. The molecule has 0 bridgehead atoms. The lowest BCUT2D eigenvalue weighted by Gasteiger charge is -2.56. The molecule has 5 heteroatoms. The Morgan fingerprint density at radius 2 is 1.86 bits per heavy atom. The van der Waals surface area contributed by atoms with E-state index in [0.29, 0.717) is 10.8 Å². The zero-order valence-electron chi connectivity index (χ0n) is 19.4. The van der Waals surface area contributed by atoms with Crippen molar-refractivity contribution in [3.8, 4) is 5.40 Å². The van der Waals surface area contributed by atoms with Crippen LogP contribution in [-0.2, 0) is 11.2 Å². The molecule has 2 aromatic carbocycles. The van der Waals surface area contributed by atoms with Crippen LogP contribution in [-0.4, -0.2) is 22.1 Å². The van der Waals surface area contributed by atoms with Gasteiger partial charge in [0.2, 0.25) is 0 Å². The van der Waals surface area contributed by atoms with Crippen molar-refractivity contribution in [1.29, 1.82) is 5.26 Å². The highest BCUT2D eigenvalue weighted by Gasteiger charge is 2.60. The van der Waals surface area contributed by atoms with E-state index in [2.05, 4.69) is 64.9 Å². The minimum Gasteiger partial charge on any atom is -0.316 e. The first-order valence-corrected chi connectivity index (χ1v) is 13.3. The van der Waals surface area contributed by atoms with E-state index in [4.69, 9.17) is 4.99 Å². The highest BCUT2D eigenvalue weighted by Crippen LogP contribution is 2.62. The summed E-state index contributed by atoms with van der Waals surface area (Å²) in [4.78, 5) is 21.4. The van der Waals surface area contributed by atoms with E-state index in [1.165, 1.54) is 34.4 Å². The number of carbonyl (C=O) groups is 1. The number of nitriles is 1. The Morgan fingerprint density at radius 1 is 1.03 bits per heavy atom. The van der Waals surface area contributed by atoms with Crippen molar-refractivity contribution in [2.75, 3.05) is 0 Å². The first-order valence-electron chi connectivity index (χ1n) is 12.5. The Balaban J connectivity index is 1.57. The smallest absolute Gasteiger partial charge is 0.195 e. The number of carbonyl (C=O) groups excluding carboxylic acids is 1. The number of nitrogens with zero attached hydrogens (tertiary/aromatic N) is 3. The molecular formula is C30H25N3OS. The Labute approximate surface area is 209 Å². The molecule has 3 aliphatic carbocycles. The summed E-state index contributed by atoms with van der Waals surface area (Å²) in [7, 11) is 0. The molecule has 3 atom stereocenters. The van der Waals surface area contributed by atoms with E-state index in [-0.39, 0.29) is 11.7 Å². The molecule has 0 radical (unpaired) electrons. The van der Waals surface area contributed by atoms with Crippen LogP contribution in [0, 0.1) is 16.6 Å². The largest absolute Gasteiger partial charge is 0.316 e. The molecule has 0 N–H and O–H groups in total. The second-order valence-corrected chi connectivity index (χ2v) is 10.8. The summed E-state index contributed by atoms with van der Waals surface area (Å²) in [5.74, 6) is 0.463. The van der Waals surface area contributed by atoms with Gasteiger partial charge in [0, 0.05) is 17.5 Å². The second-order valence-electron chi connectivity index (χ2n) is 10.0. The predicted molar refractivity (Wildman–Crippen MR) is 139 cm³/mol. The Morgan fingerprint density at radius 3 is 2.71 bits per heavy atom. The highest BCUT2D eigenvalue weighted by atomic mass is 32.2. The van der Waals surface area contributed by atoms with Gasteiger partial charge in [0.15, 0.2) is 5.78 Å². The normalized spacial score (nSPS) is 28.5. The number of rotatable bonds is 2. The quantitative estimate of drug-likeness (QED) is 0.375. The van der Waals surface area contributed by atoms with Gasteiger partial charge in [-0.15, -0.1) is 0 Å². The minimum absolute atomic E-state index is 0.0848. The molecule has 7 rings (SSSR count). The van der Waals surface area contributed by atoms with Crippen molar-refractivity contribution < 1.29 is 4.79 Å². The molecular weight excluding hydrogens is 450 g/mol. The first-order chi connectivity index (χ1) is 17.2. The van der Waals surface area contributed by atoms with E-state index in [9.17, 15) is 10.1 Å². The fraction of sp³-hybridized carbons (Fsp3) is 0.300. The van der Waals surface area contributed by atoms with Crippen LogP contribution in [0.5, 0.6) is 0 Å². The van der Waals surface area contributed by atoms with Crippen molar-refractivity contribution in [3.63, 3.8) is 0 Å². The average Bonchev–Trinajstić information content (AvgIpc) is 3.23. The number of ketones is 1. The van der Waals surface area contributed by atoms with Crippen LogP contribution >= 0.6 is 11.8 Å². The van der Waals surface area contributed by atoms with Gasteiger partial charge in [-0.25, -0.2) is 0 Å². The molecule has 172 valence electrons. The van der Waals surface area contributed by atoms with Crippen molar-refractivity contribution >= 4 is 28.8 Å². The molecule has 2 heterocycles. The SMILES string of the molecule is N#CSC1=C2C(=NC34CCCCC3C(c3ccccc3)C3=C(CCc5ccccc53)N24)C=CC1=O. The average molecular weight is 476 g/mol. The second kappa shape index (κ2) is 7.83. The van der Waals surface area contributed by atoms with Gasteiger partial charge in [-0.3, -0.25) is 9.79 Å². The number of thioether (sulfide) groups is 1. The maximum absolute atomic E-state index is 13.0.